The third-order valence-corrected chi connectivity index (χ3v) is 5.42. The minimum Gasteiger partial charge on any atom is -0.507 e. The van der Waals surface area contributed by atoms with E-state index in [1.54, 1.807) is 6.07 Å². The number of rotatable bonds is 3. The van der Waals surface area contributed by atoms with Gasteiger partial charge >= 0.3 is 0 Å². The maximum atomic E-state index is 12.9. The highest BCUT2D eigenvalue weighted by molar-refractivity contribution is 6.04. The number of fused-ring (bicyclic) bond motifs is 3. The van der Waals surface area contributed by atoms with Crippen LogP contribution in [0.5, 0.6) is 23.0 Å². The smallest absolute Gasteiger partial charge is 0.174 e. The van der Waals surface area contributed by atoms with Crippen molar-refractivity contribution in [3.63, 3.8) is 0 Å². The first-order valence-electron chi connectivity index (χ1n) is 10.1. The molecule has 5 heteroatoms. The van der Waals surface area contributed by atoms with Gasteiger partial charge in [-0.3, -0.25) is 4.79 Å². The second-order valence-corrected chi connectivity index (χ2v) is 8.62. The largest absolute Gasteiger partial charge is 0.507 e. The van der Waals surface area contributed by atoms with Gasteiger partial charge in [0.2, 0.25) is 0 Å². The number of phenols is 2. The molecule has 0 saturated heterocycles. The van der Waals surface area contributed by atoms with Crippen LogP contribution < -0.4 is 9.47 Å². The van der Waals surface area contributed by atoms with E-state index in [2.05, 4.69) is 0 Å². The lowest BCUT2D eigenvalue weighted by atomic mass is 9.90. The Balaban J connectivity index is 1.76. The van der Waals surface area contributed by atoms with Crippen LogP contribution in [0.25, 0.3) is 6.08 Å². The lowest BCUT2D eigenvalue weighted by Gasteiger charge is -2.33. The highest BCUT2D eigenvalue weighted by atomic mass is 16.5. The zero-order valence-electron chi connectivity index (χ0n) is 17.7. The average Bonchev–Trinajstić information content (AvgIpc) is 2.65. The highest BCUT2D eigenvalue weighted by Crippen LogP contribution is 2.49. The quantitative estimate of drug-likeness (QED) is 0.659. The Kier molecular flexibility index (Phi) is 4.85. The number of benzene rings is 2. The van der Waals surface area contributed by atoms with Crippen LogP contribution in [0.2, 0.25) is 0 Å². The van der Waals surface area contributed by atoms with Gasteiger partial charge in [-0.2, -0.15) is 0 Å². The fourth-order valence-electron chi connectivity index (χ4n) is 3.85. The Morgan fingerprint density at radius 3 is 2.77 bits per heavy atom. The van der Waals surface area contributed by atoms with E-state index in [-0.39, 0.29) is 29.3 Å². The second-order valence-electron chi connectivity index (χ2n) is 8.62. The van der Waals surface area contributed by atoms with Gasteiger partial charge in [-0.1, -0.05) is 29.8 Å². The van der Waals surface area contributed by atoms with Crippen molar-refractivity contribution in [2.75, 3.05) is 0 Å². The van der Waals surface area contributed by atoms with Gasteiger partial charge in [-0.25, -0.2) is 0 Å². The van der Waals surface area contributed by atoms with Crippen LogP contribution in [-0.2, 0) is 6.42 Å². The maximum Gasteiger partial charge on any atom is 0.174 e. The molecule has 0 amide bonds. The second kappa shape index (κ2) is 7.24. The lowest BCUT2D eigenvalue weighted by molar-refractivity contribution is 0.0838. The van der Waals surface area contributed by atoms with Gasteiger partial charge in [0.05, 0.1) is 12.0 Å². The van der Waals surface area contributed by atoms with Crippen molar-refractivity contribution in [1.82, 2.24) is 0 Å². The molecular formula is C25H26O5. The molecule has 0 spiro atoms. The van der Waals surface area contributed by atoms with E-state index in [0.29, 0.717) is 29.0 Å². The summed E-state index contributed by atoms with van der Waals surface area (Å²) in [5, 5.41) is 21.3. The standard InChI is InChI=1S/C25H26O5/c1-14(2)8-9-15-6-5-7-16(23(15)28)20-12-18(26)22-19(27)13-21-17(24(22)29-20)10-11-25(3,4)30-21/h5-8,10-11,13,20,27-28H,9,12H2,1-4H3/t20-/m0/s1. The van der Waals surface area contributed by atoms with Crippen LogP contribution in [0.15, 0.2) is 42.0 Å². The van der Waals surface area contributed by atoms with E-state index < -0.39 is 11.7 Å². The molecule has 2 aliphatic heterocycles. The molecule has 30 heavy (non-hydrogen) atoms. The molecule has 0 saturated carbocycles. The summed E-state index contributed by atoms with van der Waals surface area (Å²) in [6.45, 7) is 7.84. The third kappa shape index (κ3) is 3.56. The first-order valence-corrected chi connectivity index (χ1v) is 10.1. The van der Waals surface area contributed by atoms with E-state index >= 15 is 0 Å². The molecular weight excluding hydrogens is 380 g/mol. The Morgan fingerprint density at radius 2 is 2.03 bits per heavy atom. The Labute approximate surface area is 176 Å². The van der Waals surface area contributed by atoms with E-state index in [0.717, 1.165) is 11.1 Å². The fraction of sp³-hybridized carbons (Fsp3) is 0.320. The molecule has 5 nitrogen and oxygen atoms in total. The summed E-state index contributed by atoms with van der Waals surface area (Å²) in [7, 11) is 0. The van der Waals surface area contributed by atoms with Crippen LogP contribution >= 0.6 is 0 Å². The number of hydrogen-bond donors (Lipinski definition) is 2. The molecule has 0 bridgehead atoms. The van der Waals surface area contributed by atoms with Gasteiger partial charge < -0.3 is 19.7 Å². The summed E-state index contributed by atoms with van der Waals surface area (Å²) in [6, 6.07) is 6.97. The summed E-state index contributed by atoms with van der Waals surface area (Å²) >= 11 is 0. The zero-order chi connectivity index (χ0) is 21.6. The molecule has 2 aromatic carbocycles. The van der Waals surface area contributed by atoms with Crippen molar-refractivity contribution in [3.05, 3.63) is 64.2 Å². The third-order valence-electron chi connectivity index (χ3n) is 5.42. The number of carbonyl (C=O) groups is 1. The van der Waals surface area contributed by atoms with Crippen LogP contribution in [0, 0.1) is 0 Å². The molecule has 2 N–H and O–H groups in total. The van der Waals surface area contributed by atoms with Crippen molar-refractivity contribution < 1.29 is 24.5 Å². The molecule has 1 atom stereocenters. The highest BCUT2D eigenvalue weighted by Gasteiger charge is 2.36. The van der Waals surface area contributed by atoms with Crippen molar-refractivity contribution >= 4 is 11.9 Å². The van der Waals surface area contributed by atoms with Crippen LogP contribution in [0.4, 0.5) is 0 Å². The van der Waals surface area contributed by atoms with Crippen molar-refractivity contribution in [1.29, 1.82) is 0 Å². The minimum atomic E-state index is -0.647. The Hall–Kier alpha value is -3.21. The topological polar surface area (TPSA) is 76.0 Å². The number of carbonyl (C=O) groups excluding carboxylic acids is 1. The number of ketones is 1. The molecule has 2 aromatic rings. The number of phenolic OH excluding ortho intramolecular Hbond substituents is 2. The minimum absolute atomic E-state index is 0.0368. The summed E-state index contributed by atoms with van der Waals surface area (Å²) < 4.78 is 12.2. The van der Waals surface area contributed by atoms with Crippen LogP contribution in [0.3, 0.4) is 0 Å². The number of hydrogen-bond acceptors (Lipinski definition) is 5. The van der Waals surface area contributed by atoms with E-state index in [9.17, 15) is 15.0 Å². The summed E-state index contributed by atoms with van der Waals surface area (Å²) in [5.74, 6) is 0.521. The Morgan fingerprint density at radius 1 is 1.27 bits per heavy atom. The van der Waals surface area contributed by atoms with Gasteiger partial charge in [0.25, 0.3) is 0 Å². The molecule has 4 rings (SSSR count). The van der Waals surface area contributed by atoms with Crippen molar-refractivity contribution in [2.24, 2.45) is 0 Å². The summed E-state index contributed by atoms with van der Waals surface area (Å²) in [4.78, 5) is 12.9. The number of para-hydroxylation sites is 1. The SMILES string of the molecule is CC(C)=CCc1cccc([C@@H]2CC(=O)c3c(O)cc4c(c3O2)C=CC(C)(C)O4)c1O. The number of allylic oxidation sites excluding steroid dienone is 2. The van der Waals surface area contributed by atoms with E-state index in [1.807, 2.05) is 58.1 Å². The number of aromatic hydroxyl groups is 2. The lowest BCUT2D eigenvalue weighted by Crippen LogP contribution is -2.29. The molecule has 0 aromatic heterocycles. The van der Waals surface area contributed by atoms with Crippen molar-refractivity contribution in [2.45, 2.75) is 52.2 Å². The first kappa shape index (κ1) is 20.1. The molecule has 0 aliphatic carbocycles. The van der Waals surface area contributed by atoms with E-state index in [1.165, 1.54) is 6.07 Å². The Bertz CT molecular complexity index is 1090. The number of ether oxygens (including phenoxy) is 2. The molecule has 0 radical (unpaired) electrons. The molecule has 156 valence electrons. The summed E-state index contributed by atoms with van der Waals surface area (Å²) in [6.07, 6.45) is 5.78. The monoisotopic (exact) mass is 406 g/mol. The normalized spacial score (nSPS) is 18.7. The van der Waals surface area contributed by atoms with Crippen LogP contribution in [-0.4, -0.2) is 21.6 Å². The number of Topliss-reactive ketones (excluding diaryl/α,β-unsaturated/α-hetero) is 1. The first-order chi connectivity index (χ1) is 14.2. The summed E-state index contributed by atoms with van der Waals surface area (Å²) in [5.41, 5.74) is 2.77. The van der Waals surface area contributed by atoms with Crippen molar-refractivity contribution in [3.8, 4) is 23.0 Å². The molecule has 2 heterocycles. The molecule has 0 fully saturated rings. The zero-order valence-corrected chi connectivity index (χ0v) is 17.7. The van der Waals surface area contributed by atoms with Gasteiger partial charge in [0.15, 0.2) is 5.78 Å². The van der Waals surface area contributed by atoms with Gasteiger partial charge in [-0.15, -0.1) is 0 Å². The molecule has 2 aliphatic rings. The van der Waals surface area contributed by atoms with Crippen LogP contribution in [0.1, 0.15) is 67.3 Å². The molecule has 0 unspecified atom stereocenters. The van der Waals surface area contributed by atoms with Gasteiger partial charge in [0.1, 0.15) is 40.3 Å². The predicted molar refractivity (Wildman–Crippen MR) is 115 cm³/mol. The van der Waals surface area contributed by atoms with E-state index in [4.69, 9.17) is 9.47 Å². The van der Waals surface area contributed by atoms with Gasteiger partial charge in [0, 0.05) is 11.6 Å². The fourth-order valence-corrected chi connectivity index (χ4v) is 3.85. The predicted octanol–water partition coefficient (Wildman–Crippen LogP) is 5.50. The van der Waals surface area contributed by atoms with Gasteiger partial charge in [-0.05, 0) is 51.8 Å². The average molecular weight is 406 g/mol. The maximum absolute atomic E-state index is 12.9.